The Labute approximate surface area is 95.8 Å². The average molecular weight is 271 g/mol. The van der Waals surface area contributed by atoms with Gasteiger partial charge in [0.2, 0.25) is 5.69 Å². The Hall–Kier alpha value is -1.90. The van der Waals surface area contributed by atoms with E-state index in [9.17, 15) is 28.1 Å². The molecule has 92 valence electrons. The van der Waals surface area contributed by atoms with Crippen molar-refractivity contribution in [2.45, 2.75) is 6.18 Å². The molecule has 1 aromatic rings. The molecule has 1 heterocycles. The highest BCUT2D eigenvalue weighted by atomic mass is 35.5. The average Bonchev–Trinajstić information content (AvgIpc) is 2.14. The molecule has 0 amide bonds. The van der Waals surface area contributed by atoms with Crippen molar-refractivity contribution in [1.82, 2.24) is 4.98 Å². The maximum Gasteiger partial charge on any atom is 0.440 e. The largest absolute Gasteiger partial charge is 0.478 e. The number of hydrogen-bond donors (Lipinski definition) is 1. The smallest absolute Gasteiger partial charge is 0.440 e. The Morgan fingerprint density at radius 1 is 1.53 bits per heavy atom. The second kappa shape index (κ2) is 4.17. The molecular formula is C7H2ClF3N2O4. The van der Waals surface area contributed by atoms with Crippen molar-refractivity contribution >= 4 is 23.3 Å². The number of pyridine rings is 1. The molecule has 0 radical (unpaired) electrons. The van der Waals surface area contributed by atoms with Gasteiger partial charge in [0, 0.05) is 6.07 Å². The predicted octanol–water partition coefficient (Wildman–Crippen LogP) is 2.36. The van der Waals surface area contributed by atoms with Crippen molar-refractivity contribution in [2.24, 2.45) is 0 Å². The van der Waals surface area contributed by atoms with Crippen molar-refractivity contribution in [2.75, 3.05) is 0 Å². The first-order chi connectivity index (χ1) is 7.64. The fourth-order valence-electron chi connectivity index (χ4n) is 0.978. The number of carboxylic acid groups (broad SMARTS) is 1. The Balaban J connectivity index is 3.58. The van der Waals surface area contributed by atoms with Crippen LogP contribution in [0.3, 0.4) is 0 Å². The summed E-state index contributed by atoms with van der Waals surface area (Å²) in [6.07, 6.45) is -5.09. The van der Waals surface area contributed by atoms with Gasteiger partial charge < -0.3 is 5.11 Å². The number of alkyl halides is 3. The van der Waals surface area contributed by atoms with Crippen LogP contribution in [-0.2, 0) is 6.18 Å². The fourth-order valence-corrected chi connectivity index (χ4v) is 1.20. The minimum absolute atomic E-state index is 0.223. The number of nitrogens with zero attached hydrogens (tertiary/aromatic N) is 2. The SMILES string of the molecule is O=C(O)c1cc([N+](=O)[O-])c(C(F)(F)F)nc1Cl. The van der Waals surface area contributed by atoms with Crippen LogP contribution >= 0.6 is 11.6 Å². The van der Waals surface area contributed by atoms with Gasteiger partial charge in [0.25, 0.3) is 0 Å². The van der Waals surface area contributed by atoms with Gasteiger partial charge in [0.15, 0.2) is 0 Å². The molecule has 0 fully saturated rings. The van der Waals surface area contributed by atoms with Gasteiger partial charge >= 0.3 is 17.8 Å². The van der Waals surface area contributed by atoms with Gasteiger partial charge in [-0.15, -0.1) is 0 Å². The van der Waals surface area contributed by atoms with E-state index in [0.29, 0.717) is 0 Å². The lowest BCUT2D eigenvalue weighted by Crippen LogP contribution is -2.14. The Bertz CT molecular complexity index is 503. The number of aromatic nitrogens is 1. The molecule has 1 rings (SSSR count). The molecule has 1 N–H and O–H groups in total. The van der Waals surface area contributed by atoms with Crippen molar-refractivity contribution in [3.05, 3.63) is 32.6 Å². The standard InChI is InChI=1S/C7H2ClF3N2O4/c8-5-2(6(14)15)1-3(13(16)17)4(12-5)7(9,10)11/h1H,(H,14,15). The first kappa shape index (κ1) is 13.2. The maximum atomic E-state index is 12.3. The highest BCUT2D eigenvalue weighted by Crippen LogP contribution is 2.36. The van der Waals surface area contributed by atoms with Crippen LogP contribution in [0, 0.1) is 10.1 Å². The van der Waals surface area contributed by atoms with E-state index >= 15 is 0 Å². The number of hydrogen-bond acceptors (Lipinski definition) is 4. The first-order valence-corrected chi connectivity index (χ1v) is 4.17. The first-order valence-electron chi connectivity index (χ1n) is 3.80. The molecule has 17 heavy (non-hydrogen) atoms. The molecular weight excluding hydrogens is 269 g/mol. The van der Waals surface area contributed by atoms with Gasteiger partial charge in [0.05, 0.1) is 4.92 Å². The minimum Gasteiger partial charge on any atom is -0.478 e. The van der Waals surface area contributed by atoms with E-state index in [1.807, 2.05) is 0 Å². The third kappa shape index (κ3) is 2.61. The zero-order chi connectivity index (χ0) is 13.4. The topological polar surface area (TPSA) is 93.3 Å². The van der Waals surface area contributed by atoms with E-state index < -0.39 is 39.2 Å². The predicted molar refractivity (Wildman–Crippen MR) is 47.9 cm³/mol. The summed E-state index contributed by atoms with van der Waals surface area (Å²) in [6, 6.07) is 0.223. The number of carboxylic acids is 1. The lowest BCUT2D eigenvalue weighted by atomic mass is 10.2. The van der Waals surface area contributed by atoms with Gasteiger partial charge in [-0.3, -0.25) is 10.1 Å². The third-order valence-electron chi connectivity index (χ3n) is 1.65. The summed E-state index contributed by atoms with van der Waals surface area (Å²) < 4.78 is 37.0. The van der Waals surface area contributed by atoms with E-state index in [0.717, 1.165) is 0 Å². The Morgan fingerprint density at radius 3 is 2.41 bits per heavy atom. The van der Waals surface area contributed by atoms with Crippen molar-refractivity contribution in [3.8, 4) is 0 Å². The summed E-state index contributed by atoms with van der Waals surface area (Å²) >= 11 is 5.19. The van der Waals surface area contributed by atoms with Crippen LogP contribution < -0.4 is 0 Å². The number of nitro groups is 1. The van der Waals surface area contributed by atoms with Crippen LogP contribution in [0.15, 0.2) is 6.07 Å². The van der Waals surface area contributed by atoms with Gasteiger partial charge in [0.1, 0.15) is 10.7 Å². The summed E-state index contributed by atoms with van der Waals surface area (Å²) in [5.74, 6) is -1.71. The van der Waals surface area contributed by atoms with E-state index in [4.69, 9.17) is 16.7 Å². The maximum absolute atomic E-state index is 12.3. The molecule has 6 nitrogen and oxygen atoms in total. The Morgan fingerprint density at radius 2 is 2.06 bits per heavy atom. The molecule has 0 aliphatic heterocycles. The van der Waals surface area contributed by atoms with Crippen molar-refractivity contribution in [3.63, 3.8) is 0 Å². The molecule has 0 aliphatic rings. The van der Waals surface area contributed by atoms with Crippen molar-refractivity contribution < 1.29 is 28.0 Å². The zero-order valence-corrected chi connectivity index (χ0v) is 8.41. The highest BCUT2D eigenvalue weighted by molar-refractivity contribution is 6.32. The molecule has 0 saturated heterocycles. The molecule has 0 spiro atoms. The third-order valence-corrected chi connectivity index (χ3v) is 1.94. The van der Waals surface area contributed by atoms with E-state index in [2.05, 4.69) is 4.98 Å². The van der Waals surface area contributed by atoms with E-state index in [-0.39, 0.29) is 6.07 Å². The number of halogens is 4. The summed E-state index contributed by atoms with van der Waals surface area (Å²) in [4.78, 5) is 22.2. The zero-order valence-electron chi connectivity index (χ0n) is 7.66. The summed E-state index contributed by atoms with van der Waals surface area (Å²) in [6.45, 7) is 0. The minimum atomic E-state index is -5.09. The second-order valence-electron chi connectivity index (χ2n) is 2.75. The number of rotatable bonds is 2. The summed E-state index contributed by atoms with van der Waals surface area (Å²) in [7, 11) is 0. The summed E-state index contributed by atoms with van der Waals surface area (Å²) in [5, 5.41) is 18.0. The monoisotopic (exact) mass is 270 g/mol. The van der Waals surface area contributed by atoms with Gasteiger partial charge in [-0.1, -0.05) is 11.6 Å². The quantitative estimate of drug-likeness (QED) is 0.506. The van der Waals surface area contributed by atoms with E-state index in [1.54, 1.807) is 0 Å². The van der Waals surface area contributed by atoms with Crippen LogP contribution in [0.4, 0.5) is 18.9 Å². The van der Waals surface area contributed by atoms with E-state index in [1.165, 1.54) is 0 Å². The normalized spacial score (nSPS) is 11.3. The molecule has 0 aromatic carbocycles. The second-order valence-corrected chi connectivity index (χ2v) is 3.11. The van der Waals surface area contributed by atoms with Gasteiger partial charge in [-0.05, 0) is 0 Å². The highest BCUT2D eigenvalue weighted by Gasteiger charge is 2.41. The van der Waals surface area contributed by atoms with Gasteiger partial charge in [-0.2, -0.15) is 13.2 Å². The van der Waals surface area contributed by atoms with Crippen molar-refractivity contribution in [1.29, 1.82) is 0 Å². The van der Waals surface area contributed by atoms with Crippen LogP contribution in [0.2, 0.25) is 5.15 Å². The fraction of sp³-hybridized carbons (Fsp3) is 0.143. The van der Waals surface area contributed by atoms with Gasteiger partial charge in [-0.25, -0.2) is 9.78 Å². The molecule has 0 bridgehead atoms. The molecule has 0 atom stereocenters. The molecule has 0 unspecified atom stereocenters. The lowest BCUT2D eigenvalue weighted by molar-refractivity contribution is -0.388. The lowest BCUT2D eigenvalue weighted by Gasteiger charge is -2.07. The van der Waals surface area contributed by atoms with Crippen LogP contribution in [0.1, 0.15) is 16.1 Å². The van der Waals surface area contributed by atoms with Crippen LogP contribution in [-0.4, -0.2) is 21.0 Å². The molecule has 10 heteroatoms. The van der Waals surface area contributed by atoms with Crippen LogP contribution in [0.25, 0.3) is 0 Å². The van der Waals surface area contributed by atoms with Crippen LogP contribution in [0.5, 0.6) is 0 Å². The molecule has 0 saturated carbocycles. The Kier molecular flexibility index (Phi) is 3.23. The molecule has 0 aliphatic carbocycles. The number of carbonyl (C=O) groups is 1. The summed E-state index contributed by atoms with van der Waals surface area (Å²) in [5.41, 5.74) is -4.16. The number of aromatic carboxylic acids is 1. The molecule has 1 aromatic heterocycles.